The summed E-state index contributed by atoms with van der Waals surface area (Å²) in [6.07, 6.45) is 3.53. The van der Waals surface area contributed by atoms with Gasteiger partial charge in [0.2, 0.25) is 5.91 Å². The number of anilines is 1. The molecular weight excluding hydrogens is 360 g/mol. The van der Waals surface area contributed by atoms with Crippen molar-refractivity contribution in [2.75, 3.05) is 31.1 Å². The number of aryl methyl sites for hydroxylation is 1. The highest BCUT2D eigenvalue weighted by Gasteiger charge is 2.21. The quantitative estimate of drug-likeness (QED) is 0.708. The third-order valence-corrected chi connectivity index (χ3v) is 5.18. The summed E-state index contributed by atoms with van der Waals surface area (Å²) in [5.41, 5.74) is 0.865. The first kappa shape index (κ1) is 19.9. The Morgan fingerprint density at radius 2 is 2.00 bits per heavy atom. The topological polar surface area (TPSA) is 49.3 Å². The summed E-state index contributed by atoms with van der Waals surface area (Å²) in [4.78, 5) is 26.2. The first-order valence-corrected chi connectivity index (χ1v) is 10.3. The van der Waals surface area contributed by atoms with E-state index in [-0.39, 0.29) is 5.91 Å². The maximum absolute atomic E-state index is 12.5. The van der Waals surface area contributed by atoms with Crippen molar-refractivity contribution in [2.24, 2.45) is 5.92 Å². The van der Waals surface area contributed by atoms with Gasteiger partial charge in [0.1, 0.15) is 11.6 Å². The van der Waals surface area contributed by atoms with Crippen molar-refractivity contribution in [3.63, 3.8) is 0 Å². The predicted octanol–water partition coefficient (Wildman–Crippen LogP) is 4.32. The Kier molecular flexibility index (Phi) is 6.53. The number of carbonyl (C=O) groups excluding carboxylic acids is 1. The molecule has 1 aromatic carbocycles. The summed E-state index contributed by atoms with van der Waals surface area (Å²) in [7, 11) is 0. The van der Waals surface area contributed by atoms with Gasteiger partial charge in [-0.1, -0.05) is 32.4 Å². The molecular formula is C21H29ClN4O. The van der Waals surface area contributed by atoms with Crippen molar-refractivity contribution in [1.29, 1.82) is 0 Å². The molecule has 1 saturated heterocycles. The van der Waals surface area contributed by atoms with Gasteiger partial charge in [0, 0.05) is 49.4 Å². The SMILES string of the molecule is CCc1nc(N(CCC(=O)N2CCCC2)CC(C)C)c2ccc(Cl)cc2n1. The number of likely N-dealkylation sites (tertiary alicyclic amines) is 1. The highest BCUT2D eigenvalue weighted by molar-refractivity contribution is 6.31. The van der Waals surface area contributed by atoms with Gasteiger partial charge in [0.05, 0.1) is 5.52 Å². The number of fused-ring (bicyclic) bond motifs is 1. The summed E-state index contributed by atoms with van der Waals surface area (Å²) in [6.45, 7) is 9.76. The zero-order valence-electron chi connectivity index (χ0n) is 16.5. The number of hydrogen-bond donors (Lipinski definition) is 0. The van der Waals surface area contributed by atoms with Crippen LogP contribution in [0.1, 0.15) is 45.9 Å². The largest absolute Gasteiger partial charge is 0.355 e. The number of aromatic nitrogens is 2. The van der Waals surface area contributed by atoms with Gasteiger partial charge in [0.25, 0.3) is 0 Å². The van der Waals surface area contributed by atoms with E-state index in [2.05, 4.69) is 30.7 Å². The van der Waals surface area contributed by atoms with Crippen LogP contribution in [0.5, 0.6) is 0 Å². The van der Waals surface area contributed by atoms with Crippen LogP contribution in [-0.4, -0.2) is 47.0 Å². The Morgan fingerprint density at radius 1 is 1.26 bits per heavy atom. The van der Waals surface area contributed by atoms with Crippen molar-refractivity contribution >= 4 is 34.2 Å². The van der Waals surface area contributed by atoms with Crippen LogP contribution in [-0.2, 0) is 11.2 Å². The van der Waals surface area contributed by atoms with Gasteiger partial charge >= 0.3 is 0 Å². The van der Waals surface area contributed by atoms with Crippen LogP contribution in [0.15, 0.2) is 18.2 Å². The minimum Gasteiger partial charge on any atom is -0.355 e. The minimum atomic E-state index is 0.248. The first-order chi connectivity index (χ1) is 13.0. The average molecular weight is 389 g/mol. The second-order valence-corrected chi connectivity index (χ2v) is 8.09. The highest BCUT2D eigenvalue weighted by Crippen LogP contribution is 2.27. The van der Waals surface area contributed by atoms with Crippen LogP contribution >= 0.6 is 11.6 Å². The number of carbonyl (C=O) groups is 1. The van der Waals surface area contributed by atoms with Crippen LogP contribution in [0, 0.1) is 5.92 Å². The van der Waals surface area contributed by atoms with E-state index in [1.54, 1.807) is 0 Å². The Balaban J connectivity index is 1.90. The molecule has 1 fully saturated rings. The molecule has 3 rings (SSSR count). The number of nitrogens with zero attached hydrogens (tertiary/aromatic N) is 4. The average Bonchev–Trinajstić information content (AvgIpc) is 3.18. The van der Waals surface area contributed by atoms with Gasteiger partial charge in [-0.3, -0.25) is 4.79 Å². The molecule has 1 aliphatic rings. The molecule has 2 heterocycles. The normalized spacial score (nSPS) is 14.3. The van der Waals surface area contributed by atoms with Gasteiger partial charge in [-0.2, -0.15) is 0 Å². The molecule has 0 spiro atoms. The smallest absolute Gasteiger partial charge is 0.224 e. The summed E-state index contributed by atoms with van der Waals surface area (Å²) in [5.74, 6) is 2.43. The zero-order valence-corrected chi connectivity index (χ0v) is 17.3. The van der Waals surface area contributed by atoms with E-state index in [9.17, 15) is 4.79 Å². The summed E-state index contributed by atoms with van der Waals surface area (Å²) in [5, 5.41) is 1.67. The molecule has 6 heteroatoms. The fourth-order valence-electron chi connectivity index (χ4n) is 3.61. The standard InChI is InChI=1S/C21H29ClN4O/c1-4-19-23-18-13-16(22)7-8-17(18)21(24-19)26(14-15(2)3)12-9-20(27)25-10-5-6-11-25/h7-8,13,15H,4-6,9-12,14H2,1-3H3. The van der Waals surface area contributed by atoms with Gasteiger partial charge in [0.15, 0.2) is 0 Å². The van der Waals surface area contributed by atoms with Crippen LogP contribution in [0.25, 0.3) is 10.9 Å². The number of amides is 1. The Hall–Kier alpha value is -1.88. The number of benzene rings is 1. The lowest BCUT2D eigenvalue weighted by Crippen LogP contribution is -2.35. The molecule has 0 N–H and O–H groups in total. The van der Waals surface area contributed by atoms with Gasteiger partial charge in [-0.05, 0) is 37.0 Å². The third-order valence-electron chi connectivity index (χ3n) is 4.94. The molecule has 2 aromatic rings. The first-order valence-electron chi connectivity index (χ1n) is 9.96. The highest BCUT2D eigenvalue weighted by atomic mass is 35.5. The van der Waals surface area contributed by atoms with Crippen LogP contribution < -0.4 is 4.90 Å². The summed E-state index contributed by atoms with van der Waals surface area (Å²) >= 11 is 6.18. The van der Waals surface area contributed by atoms with Crippen LogP contribution in [0.3, 0.4) is 0 Å². The molecule has 27 heavy (non-hydrogen) atoms. The van der Waals surface area contributed by atoms with Crippen molar-refractivity contribution < 1.29 is 4.79 Å². The molecule has 1 aliphatic heterocycles. The molecule has 0 unspecified atom stereocenters. The lowest BCUT2D eigenvalue weighted by Gasteiger charge is -2.28. The van der Waals surface area contributed by atoms with Crippen molar-refractivity contribution in [1.82, 2.24) is 14.9 Å². The van der Waals surface area contributed by atoms with Crippen molar-refractivity contribution in [2.45, 2.75) is 46.5 Å². The van der Waals surface area contributed by atoms with Crippen molar-refractivity contribution in [3.8, 4) is 0 Å². The maximum Gasteiger partial charge on any atom is 0.224 e. The van der Waals surface area contributed by atoms with Gasteiger partial charge < -0.3 is 9.80 Å². The van der Waals surface area contributed by atoms with E-state index >= 15 is 0 Å². The van der Waals surface area contributed by atoms with Crippen LogP contribution in [0.4, 0.5) is 5.82 Å². The van der Waals surface area contributed by atoms with Gasteiger partial charge in [-0.15, -0.1) is 0 Å². The lowest BCUT2D eigenvalue weighted by molar-refractivity contribution is -0.129. The fraction of sp³-hybridized carbons (Fsp3) is 0.571. The molecule has 5 nitrogen and oxygen atoms in total. The van der Waals surface area contributed by atoms with E-state index in [1.807, 2.05) is 23.1 Å². The number of rotatable bonds is 7. The number of halogens is 1. The fourth-order valence-corrected chi connectivity index (χ4v) is 3.78. The van der Waals surface area contributed by atoms with Gasteiger partial charge in [-0.25, -0.2) is 9.97 Å². The Labute approximate surface area is 166 Å². The molecule has 1 aromatic heterocycles. The van der Waals surface area contributed by atoms with E-state index in [0.29, 0.717) is 23.9 Å². The van der Waals surface area contributed by atoms with E-state index < -0.39 is 0 Å². The summed E-state index contributed by atoms with van der Waals surface area (Å²) in [6, 6.07) is 5.76. The molecule has 0 atom stereocenters. The Bertz CT molecular complexity index is 802. The molecule has 0 radical (unpaired) electrons. The third kappa shape index (κ3) is 4.89. The van der Waals surface area contributed by atoms with Crippen LogP contribution in [0.2, 0.25) is 5.02 Å². The summed E-state index contributed by atoms with van der Waals surface area (Å²) < 4.78 is 0. The lowest BCUT2D eigenvalue weighted by atomic mass is 10.1. The molecule has 1 amide bonds. The number of hydrogen-bond acceptors (Lipinski definition) is 4. The second kappa shape index (κ2) is 8.87. The molecule has 0 bridgehead atoms. The molecule has 0 saturated carbocycles. The Morgan fingerprint density at radius 3 is 2.67 bits per heavy atom. The molecule has 146 valence electrons. The maximum atomic E-state index is 12.5. The zero-order chi connectivity index (χ0) is 19.4. The minimum absolute atomic E-state index is 0.248. The monoisotopic (exact) mass is 388 g/mol. The van der Waals surface area contributed by atoms with Crippen molar-refractivity contribution in [3.05, 3.63) is 29.0 Å². The van der Waals surface area contributed by atoms with E-state index in [1.165, 1.54) is 0 Å². The van der Waals surface area contributed by atoms with E-state index in [0.717, 1.165) is 61.4 Å². The molecule has 0 aliphatic carbocycles. The van der Waals surface area contributed by atoms with E-state index in [4.69, 9.17) is 16.6 Å². The second-order valence-electron chi connectivity index (χ2n) is 7.66. The predicted molar refractivity (Wildman–Crippen MR) is 111 cm³/mol.